The topological polar surface area (TPSA) is 42.0 Å². The van der Waals surface area contributed by atoms with Crippen molar-refractivity contribution in [2.75, 3.05) is 5.32 Å². The Labute approximate surface area is 87.7 Å². The van der Waals surface area contributed by atoms with Crippen LogP contribution < -0.4 is 5.32 Å². The minimum atomic E-state index is -3.03. The van der Waals surface area contributed by atoms with E-state index in [9.17, 15) is 13.6 Å². The number of anilines is 1. The Morgan fingerprint density at radius 1 is 1.64 bits per heavy atom. The number of nitrogens with zero attached hydrogens (tertiary/aromatic N) is 1. The maximum absolute atomic E-state index is 11.8. The molecule has 1 aromatic rings. The van der Waals surface area contributed by atoms with Crippen LogP contribution in [0.5, 0.6) is 0 Å². The van der Waals surface area contributed by atoms with E-state index in [-0.39, 0.29) is 5.82 Å². The first-order valence-corrected chi connectivity index (χ1v) is 4.51. The molecule has 0 saturated carbocycles. The fraction of sp³-hybridized carbons (Fsp3) is 0.250. The van der Waals surface area contributed by atoms with Crippen LogP contribution in [-0.4, -0.2) is 17.3 Å². The van der Waals surface area contributed by atoms with E-state index in [0.29, 0.717) is 0 Å². The van der Waals surface area contributed by atoms with Crippen molar-refractivity contribution >= 4 is 27.7 Å². The third-order valence-electron chi connectivity index (χ3n) is 1.50. The average molecular weight is 265 g/mol. The molecule has 0 aliphatic carbocycles. The van der Waals surface area contributed by atoms with Crippen molar-refractivity contribution in [1.82, 2.24) is 4.98 Å². The largest absolute Gasteiger partial charge is 0.315 e. The molecular formula is C8H7BrF2N2O. The normalized spacial score (nSPS) is 10.4. The summed E-state index contributed by atoms with van der Waals surface area (Å²) in [4.78, 5) is 14.3. The minimum Gasteiger partial charge on any atom is -0.306 e. The first-order valence-electron chi connectivity index (χ1n) is 3.72. The number of rotatable bonds is 2. The van der Waals surface area contributed by atoms with Gasteiger partial charge in [-0.05, 0) is 34.5 Å². The summed E-state index contributed by atoms with van der Waals surface area (Å²) in [7, 11) is 0. The molecule has 0 radical (unpaired) electrons. The zero-order chi connectivity index (χ0) is 10.7. The van der Waals surface area contributed by atoms with Crippen molar-refractivity contribution in [1.29, 1.82) is 0 Å². The van der Waals surface area contributed by atoms with Gasteiger partial charge in [-0.1, -0.05) is 0 Å². The molecule has 0 aliphatic rings. The first kappa shape index (κ1) is 11.0. The van der Waals surface area contributed by atoms with Gasteiger partial charge in [0, 0.05) is 10.7 Å². The van der Waals surface area contributed by atoms with Crippen LogP contribution in [0, 0.1) is 6.92 Å². The lowest BCUT2D eigenvalue weighted by Crippen LogP contribution is -2.20. The fourth-order valence-corrected chi connectivity index (χ4v) is 1.01. The van der Waals surface area contributed by atoms with Gasteiger partial charge in [0.15, 0.2) is 0 Å². The second kappa shape index (κ2) is 4.45. The van der Waals surface area contributed by atoms with Crippen LogP contribution in [0.3, 0.4) is 0 Å². The summed E-state index contributed by atoms with van der Waals surface area (Å²) in [5.74, 6) is -1.23. The van der Waals surface area contributed by atoms with Gasteiger partial charge in [0.2, 0.25) is 0 Å². The molecule has 6 heteroatoms. The highest BCUT2D eigenvalue weighted by atomic mass is 79.9. The molecule has 76 valence electrons. The van der Waals surface area contributed by atoms with Gasteiger partial charge in [-0.15, -0.1) is 0 Å². The van der Waals surface area contributed by atoms with E-state index >= 15 is 0 Å². The SMILES string of the molecule is Cc1cc(NC(=O)C(F)F)ncc1Br. The number of hydrogen-bond acceptors (Lipinski definition) is 2. The summed E-state index contributed by atoms with van der Waals surface area (Å²) in [6.07, 6.45) is -1.59. The number of aryl methyl sites for hydroxylation is 1. The zero-order valence-corrected chi connectivity index (χ0v) is 8.81. The molecule has 0 aliphatic heterocycles. The van der Waals surface area contributed by atoms with E-state index in [4.69, 9.17) is 0 Å². The highest BCUT2D eigenvalue weighted by Crippen LogP contribution is 2.17. The van der Waals surface area contributed by atoms with E-state index in [2.05, 4.69) is 20.9 Å². The second-order valence-corrected chi connectivity index (χ2v) is 3.46. The van der Waals surface area contributed by atoms with Crippen molar-refractivity contribution in [3.05, 3.63) is 22.3 Å². The Morgan fingerprint density at radius 2 is 2.29 bits per heavy atom. The second-order valence-electron chi connectivity index (χ2n) is 2.61. The summed E-state index contributed by atoms with van der Waals surface area (Å²) >= 11 is 3.20. The number of pyridine rings is 1. The molecule has 1 amide bonds. The van der Waals surface area contributed by atoms with Gasteiger partial charge in [-0.2, -0.15) is 8.78 Å². The number of halogens is 3. The number of carbonyl (C=O) groups is 1. The van der Waals surface area contributed by atoms with Crippen LogP contribution in [0.25, 0.3) is 0 Å². The highest BCUT2D eigenvalue weighted by molar-refractivity contribution is 9.10. The van der Waals surface area contributed by atoms with Gasteiger partial charge >= 0.3 is 6.43 Å². The minimum absolute atomic E-state index is 0.121. The van der Waals surface area contributed by atoms with Crippen molar-refractivity contribution < 1.29 is 13.6 Å². The van der Waals surface area contributed by atoms with Gasteiger partial charge in [0.25, 0.3) is 5.91 Å². The van der Waals surface area contributed by atoms with Gasteiger partial charge in [0.05, 0.1) is 0 Å². The monoisotopic (exact) mass is 264 g/mol. The predicted molar refractivity (Wildman–Crippen MR) is 51.3 cm³/mol. The van der Waals surface area contributed by atoms with E-state index in [1.807, 2.05) is 5.32 Å². The van der Waals surface area contributed by atoms with E-state index < -0.39 is 12.3 Å². The lowest BCUT2D eigenvalue weighted by Gasteiger charge is -2.04. The lowest BCUT2D eigenvalue weighted by molar-refractivity contribution is -0.126. The lowest BCUT2D eigenvalue weighted by atomic mass is 10.3. The third-order valence-corrected chi connectivity index (χ3v) is 2.33. The number of hydrogen-bond donors (Lipinski definition) is 1. The van der Waals surface area contributed by atoms with E-state index in [0.717, 1.165) is 10.0 Å². The molecule has 1 N–H and O–H groups in total. The van der Waals surface area contributed by atoms with Gasteiger partial charge in [-0.3, -0.25) is 4.79 Å². The van der Waals surface area contributed by atoms with Crippen LogP contribution in [0.15, 0.2) is 16.7 Å². The van der Waals surface area contributed by atoms with Crippen molar-refractivity contribution in [2.24, 2.45) is 0 Å². The molecule has 1 heterocycles. The highest BCUT2D eigenvalue weighted by Gasteiger charge is 2.15. The first-order chi connectivity index (χ1) is 6.50. The molecular weight excluding hydrogens is 258 g/mol. The summed E-state index contributed by atoms with van der Waals surface area (Å²) in [5.41, 5.74) is 0.810. The summed E-state index contributed by atoms with van der Waals surface area (Å²) < 4.78 is 24.4. The average Bonchev–Trinajstić information content (AvgIpc) is 2.11. The Bertz CT molecular complexity index is 357. The molecule has 1 rings (SSSR count). The number of nitrogens with one attached hydrogen (secondary N) is 1. The van der Waals surface area contributed by atoms with Crippen LogP contribution in [0.1, 0.15) is 5.56 Å². The molecule has 0 atom stereocenters. The number of alkyl halides is 2. The number of amides is 1. The number of carbonyl (C=O) groups excluding carboxylic acids is 1. The van der Waals surface area contributed by atoms with Crippen LogP contribution in [0.2, 0.25) is 0 Å². The smallest absolute Gasteiger partial charge is 0.306 e. The Hall–Kier alpha value is -1.04. The molecule has 0 unspecified atom stereocenters. The quantitative estimate of drug-likeness (QED) is 0.891. The molecule has 0 spiro atoms. The molecule has 0 bridgehead atoms. The Morgan fingerprint density at radius 3 is 2.79 bits per heavy atom. The van der Waals surface area contributed by atoms with Crippen molar-refractivity contribution in [3.8, 4) is 0 Å². The van der Waals surface area contributed by atoms with Crippen molar-refractivity contribution in [3.63, 3.8) is 0 Å². The summed E-state index contributed by atoms with van der Waals surface area (Å²) in [6.45, 7) is 1.77. The predicted octanol–water partition coefficient (Wildman–Crippen LogP) is 2.36. The number of aromatic nitrogens is 1. The Kier molecular flexibility index (Phi) is 3.51. The zero-order valence-electron chi connectivity index (χ0n) is 7.22. The maximum Gasteiger partial charge on any atom is 0.315 e. The summed E-state index contributed by atoms with van der Waals surface area (Å²) in [6, 6.07) is 1.50. The van der Waals surface area contributed by atoms with Crippen LogP contribution in [-0.2, 0) is 4.79 Å². The molecule has 0 saturated heterocycles. The molecule has 0 aromatic carbocycles. The standard InChI is InChI=1S/C8H7BrF2N2O/c1-4-2-6(12-3-5(4)9)13-8(14)7(10)11/h2-3,7H,1H3,(H,12,13,14). The van der Waals surface area contributed by atoms with E-state index in [1.54, 1.807) is 6.92 Å². The molecule has 14 heavy (non-hydrogen) atoms. The van der Waals surface area contributed by atoms with Gasteiger partial charge in [-0.25, -0.2) is 4.98 Å². The summed E-state index contributed by atoms with van der Waals surface area (Å²) in [5, 5.41) is 1.99. The molecule has 0 fully saturated rings. The molecule has 3 nitrogen and oxygen atoms in total. The van der Waals surface area contributed by atoms with E-state index in [1.165, 1.54) is 12.3 Å². The van der Waals surface area contributed by atoms with Crippen LogP contribution >= 0.6 is 15.9 Å². The Balaban J connectivity index is 2.78. The third kappa shape index (κ3) is 2.73. The molecule has 1 aromatic heterocycles. The van der Waals surface area contributed by atoms with Gasteiger partial charge in [0.1, 0.15) is 5.82 Å². The van der Waals surface area contributed by atoms with Crippen molar-refractivity contribution in [2.45, 2.75) is 13.3 Å². The van der Waals surface area contributed by atoms with Crippen LogP contribution in [0.4, 0.5) is 14.6 Å². The fourth-order valence-electron chi connectivity index (χ4n) is 0.788. The van der Waals surface area contributed by atoms with Gasteiger partial charge < -0.3 is 5.32 Å². The maximum atomic E-state index is 11.8.